The van der Waals surface area contributed by atoms with Crippen LogP contribution in [0.15, 0.2) is 30.3 Å². The van der Waals surface area contributed by atoms with Crippen LogP contribution in [0.25, 0.3) is 0 Å². The lowest BCUT2D eigenvalue weighted by Crippen LogP contribution is -2.61. The third-order valence-corrected chi connectivity index (χ3v) is 5.37. The average molecular weight is 356 g/mol. The molecule has 6 nitrogen and oxygen atoms in total. The molecule has 140 valence electrons. The summed E-state index contributed by atoms with van der Waals surface area (Å²) >= 11 is 0. The van der Waals surface area contributed by atoms with Crippen molar-refractivity contribution >= 4 is 11.6 Å². The van der Waals surface area contributed by atoms with Crippen molar-refractivity contribution in [2.24, 2.45) is 5.41 Å². The first kappa shape index (κ1) is 18.6. The molecule has 2 aromatic rings. The number of nitrogens with zero attached hydrogens (tertiary/aromatic N) is 1. The van der Waals surface area contributed by atoms with Gasteiger partial charge in [-0.3, -0.25) is 9.89 Å². The summed E-state index contributed by atoms with van der Waals surface area (Å²) in [4.78, 5) is 12.2. The van der Waals surface area contributed by atoms with Crippen LogP contribution in [-0.2, 0) is 16.1 Å². The fourth-order valence-electron chi connectivity index (χ4n) is 3.42. The van der Waals surface area contributed by atoms with Crippen LogP contribution in [0.3, 0.4) is 0 Å². The van der Waals surface area contributed by atoms with Gasteiger partial charge in [-0.2, -0.15) is 5.10 Å². The van der Waals surface area contributed by atoms with Crippen LogP contribution in [-0.4, -0.2) is 34.8 Å². The minimum Gasteiger partial charge on any atom is -0.373 e. The van der Waals surface area contributed by atoms with E-state index in [0.29, 0.717) is 6.61 Å². The number of carbonyl (C=O) groups is 1. The van der Waals surface area contributed by atoms with Crippen LogP contribution in [0.4, 0.5) is 5.69 Å². The van der Waals surface area contributed by atoms with Gasteiger partial charge in [0, 0.05) is 11.5 Å². The largest absolute Gasteiger partial charge is 0.373 e. The summed E-state index contributed by atoms with van der Waals surface area (Å²) in [6.45, 7) is 9.05. The van der Waals surface area contributed by atoms with E-state index in [0.717, 1.165) is 23.5 Å². The Labute approximate surface area is 154 Å². The zero-order chi connectivity index (χ0) is 18.7. The number of nitrogens with one attached hydrogen (secondary N) is 3. The van der Waals surface area contributed by atoms with Gasteiger partial charge in [0.1, 0.15) is 0 Å². The SMILES string of the molecule is Cc1n[nH]c(C)c1NC(=O)CNC1CC(OCc2ccccc2)C1(C)C. The van der Waals surface area contributed by atoms with E-state index in [4.69, 9.17) is 4.74 Å². The fraction of sp³-hybridized carbons (Fsp3) is 0.500. The number of anilines is 1. The smallest absolute Gasteiger partial charge is 0.238 e. The van der Waals surface area contributed by atoms with E-state index < -0.39 is 0 Å². The molecular formula is C20H28N4O2. The maximum Gasteiger partial charge on any atom is 0.238 e. The zero-order valence-electron chi connectivity index (χ0n) is 15.9. The Morgan fingerprint density at radius 1 is 1.31 bits per heavy atom. The van der Waals surface area contributed by atoms with Gasteiger partial charge in [-0.15, -0.1) is 0 Å². The monoisotopic (exact) mass is 356 g/mol. The summed E-state index contributed by atoms with van der Waals surface area (Å²) in [6, 6.07) is 10.5. The number of H-pyrrole nitrogens is 1. The molecule has 1 aliphatic carbocycles. The lowest BCUT2D eigenvalue weighted by atomic mass is 9.64. The molecular weight excluding hydrogens is 328 g/mol. The van der Waals surface area contributed by atoms with E-state index >= 15 is 0 Å². The number of benzene rings is 1. The lowest BCUT2D eigenvalue weighted by molar-refractivity contribution is -0.129. The van der Waals surface area contributed by atoms with E-state index in [2.05, 4.69) is 46.8 Å². The number of rotatable bonds is 7. The summed E-state index contributed by atoms with van der Waals surface area (Å²) in [5.41, 5.74) is 3.62. The van der Waals surface area contributed by atoms with Crippen LogP contribution < -0.4 is 10.6 Å². The molecule has 1 aromatic carbocycles. The van der Waals surface area contributed by atoms with Crippen molar-refractivity contribution in [1.82, 2.24) is 15.5 Å². The second-order valence-electron chi connectivity index (χ2n) is 7.63. The van der Waals surface area contributed by atoms with Crippen molar-refractivity contribution in [3.05, 3.63) is 47.3 Å². The third-order valence-electron chi connectivity index (χ3n) is 5.37. The first-order chi connectivity index (χ1) is 12.4. The molecule has 1 amide bonds. The van der Waals surface area contributed by atoms with Crippen LogP contribution in [0, 0.1) is 19.3 Å². The number of hydrogen-bond acceptors (Lipinski definition) is 4. The van der Waals surface area contributed by atoms with Crippen molar-refractivity contribution in [3.8, 4) is 0 Å². The van der Waals surface area contributed by atoms with Gasteiger partial charge < -0.3 is 15.4 Å². The molecule has 0 bridgehead atoms. The third kappa shape index (κ3) is 3.97. The fourth-order valence-corrected chi connectivity index (χ4v) is 3.42. The zero-order valence-corrected chi connectivity index (χ0v) is 15.9. The van der Waals surface area contributed by atoms with Crippen molar-refractivity contribution in [2.75, 3.05) is 11.9 Å². The Balaban J connectivity index is 1.44. The molecule has 0 spiro atoms. The molecule has 1 aliphatic rings. The predicted molar refractivity (Wildman–Crippen MR) is 102 cm³/mol. The number of aromatic nitrogens is 2. The van der Waals surface area contributed by atoms with Crippen LogP contribution in [0.5, 0.6) is 0 Å². The Kier molecular flexibility index (Phi) is 5.44. The van der Waals surface area contributed by atoms with Crippen molar-refractivity contribution in [2.45, 2.75) is 52.9 Å². The maximum atomic E-state index is 12.2. The highest BCUT2D eigenvalue weighted by Crippen LogP contribution is 2.43. The molecule has 1 aromatic heterocycles. The average Bonchev–Trinajstić information content (AvgIpc) is 2.93. The van der Waals surface area contributed by atoms with Gasteiger partial charge in [-0.25, -0.2) is 0 Å². The van der Waals surface area contributed by atoms with Gasteiger partial charge in [0.05, 0.1) is 36.3 Å². The van der Waals surface area contributed by atoms with E-state index in [9.17, 15) is 4.79 Å². The van der Waals surface area contributed by atoms with E-state index in [1.54, 1.807) is 0 Å². The molecule has 3 N–H and O–H groups in total. The standard InChI is InChI=1S/C20H28N4O2/c1-13-19(14(2)24-23-13)22-18(25)11-21-16-10-17(20(16,3)4)26-12-15-8-6-5-7-9-15/h5-9,16-17,21H,10-12H2,1-4H3,(H,22,25)(H,23,24). The summed E-state index contributed by atoms with van der Waals surface area (Å²) in [7, 11) is 0. The molecule has 0 radical (unpaired) electrons. The normalized spacial score (nSPS) is 21.2. The molecule has 2 atom stereocenters. The number of aromatic amines is 1. The quantitative estimate of drug-likeness (QED) is 0.713. The molecule has 1 heterocycles. The number of aryl methyl sites for hydroxylation is 2. The van der Waals surface area contributed by atoms with Gasteiger partial charge in [-0.05, 0) is 25.8 Å². The highest BCUT2D eigenvalue weighted by molar-refractivity contribution is 5.93. The number of carbonyl (C=O) groups excluding carboxylic acids is 1. The molecule has 3 rings (SSSR count). The minimum absolute atomic E-state index is 0.00344. The van der Waals surface area contributed by atoms with Gasteiger partial charge in [0.15, 0.2) is 0 Å². The van der Waals surface area contributed by atoms with Crippen molar-refractivity contribution in [1.29, 1.82) is 0 Å². The number of hydrogen-bond donors (Lipinski definition) is 3. The van der Waals surface area contributed by atoms with Gasteiger partial charge in [0.2, 0.25) is 5.91 Å². The van der Waals surface area contributed by atoms with Gasteiger partial charge >= 0.3 is 0 Å². The first-order valence-corrected chi connectivity index (χ1v) is 9.08. The molecule has 2 unspecified atom stereocenters. The van der Waals surface area contributed by atoms with Crippen LogP contribution in [0.1, 0.15) is 37.2 Å². The highest BCUT2D eigenvalue weighted by atomic mass is 16.5. The van der Waals surface area contributed by atoms with E-state index in [1.807, 2.05) is 32.0 Å². The van der Waals surface area contributed by atoms with E-state index in [1.165, 1.54) is 5.56 Å². The summed E-state index contributed by atoms with van der Waals surface area (Å²) < 4.78 is 6.08. The Morgan fingerprint density at radius 3 is 2.65 bits per heavy atom. The predicted octanol–water partition coefficient (Wildman–Crippen LogP) is 2.94. The summed E-state index contributed by atoms with van der Waals surface area (Å²) in [5.74, 6) is -0.0537. The second-order valence-corrected chi connectivity index (χ2v) is 7.63. The Bertz CT molecular complexity index is 735. The lowest BCUT2D eigenvalue weighted by Gasteiger charge is -2.52. The van der Waals surface area contributed by atoms with Crippen LogP contribution in [0.2, 0.25) is 0 Å². The molecule has 6 heteroatoms. The van der Waals surface area contributed by atoms with Crippen molar-refractivity contribution in [3.63, 3.8) is 0 Å². The highest BCUT2D eigenvalue weighted by Gasteiger charge is 2.48. The first-order valence-electron chi connectivity index (χ1n) is 9.08. The van der Waals surface area contributed by atoms with Crippen molar-refractivity contribution < 1.29 is 9.53 Å². The molecule has 1 saturated carbocycles. The summed E-state index contributed by atoms with van der Waals surface area (Å²) in [5, 5.41) is 13.3. The molecule has 26 heavy (non-hydrogen) atoms. The van der Waals surface area contributed by atoms with Gasteiger partial charge in [0.25, 0.3) is 0 Å². The van der Waals surface area contributed by atoms with E-state index in [-0.39, 0.29) is 30.0 Å². The topological polar surface area (TPSA) is 79.0 Å². The van der Waals surface area contributed by atoms with Gasteiger partial charge in [-0.1, -0.05) is 44.2 Å². The Morgan fingerprint density at radius 2 is 2.04 bits per heavy atom. The molecule has 0 saturated heterocycles. The minimum atomic E-state index is -0.0537. The summed E-state index contributed by atoms with van der Waals surface area (Å²) in [6.07, 6.45) is 1.11. The van der Waals surface area contributed by atoms with Crippen LogP contribution >= 0.6 is 0 Å². The molecule has 1 fully saturated rings. The maximum absolute atomic E-state index is 12.2. The Hall–Kier alpha value is -2.18. The molecule has 0 aliphatic heterocycles. The number of ether oxygens (including phenoxy) is 1. The second kappa shape index (κ2) is 7.60. The number of amides is 1.